The summed E-state index contributed by atoms with van der Waals surface area (Å²) in [6.07, 6.45) is 1.54. The second-order valence-electron chi connectivity index (χ2n) is 7.04. The average molecular weight is 404 g/mol. The Balaban J connectivity index is 1.49. The van der Waals surface area contributed by atoms with Gasteiger partial charge in [0.15, 0.2) is 0 Å². The van der Waals surface area contributed by atoms with Gasteiger partial charge in [0.25, 0.3) is 5.91 Å². The monoisotopic (exact) mass is 404 g/mol. The van der Waals surface area contributed by atoms with Gasteiger partial charge in [-0.3, -0.25) is 4.79 Å². The Hall–Kier alpha value is -4.43. The Morgan fingerprint density at radius 3 is 2.32 bits per heavy atom. The van der Waals surface area contributed by atoms with Crippen molar-refractivity contribution in [3.8, 4) is 23.0 Å². The summed E-state index contributed by atoms with van der Waals surface area (Å²) >= 11 is 0. The van der Waals surface area contributed by atoms with E-state index in [1.54, 1.807) is 42.6 Å². The zero-order valence-corrected chi connectivity index (χ0v) is 17.0. The Bertz CT molecular complexity index is 1260. The van der Waals surface area contributed by atoms with Crippen LogP contribution in [0.2, 0.25) is 0 Å². The molecule has 1 amide bonds. The maximum atomic E-state index is 12.4. The molecule has 5 heteroatoms. The lowest BCUT2D eigenvalue weighted by molar-refractivity contribution is 0.0955. The standard InChI is InChI=1S/C26H20N4O/c1-19-7-16-25(22-5-3-2-4-6-22)30(19)24-14-12-23(13-15-24)26(31)29-28-18-21-10-8-20(17-27)9-11-21/h2-16,18H,1H3,(H,29,31)/b28-18-. The van der Waals surface area contributed by atoms with Crippen LogP contribution in [0.3, 0.4) is 0 Å². The number of hydrogen-bond acceptors (Lipinski definition) is 3. The summed E-state index contributed by atoms with van der Waals surface area (Å²) in [5.74, 6) is -0.288. The molecule has 1 N–H and O–H groups in total. The average Bonchev–Trinajstić information content (AvgIpc) is 3.21. The number of nitriles is 1. The number of rotatable bonds is 5. The highest BCUT2D eigenvalue weighted by Gasteiger charge is 2.10. The number of amides is 1. The number of hydrogen-bond donors (Lipinski definition) is 1. The van der Waals surface area contributed by atoms with Crippen LogP contribution in [0, 0.1) is 18.3 Å². The molecule has 0 fully saturated rings. The van der Waals surface area contributed by atoms with E-state index in [4.69, 9.17) is 5.26 Å². The second-order valence-corrected chi connectivity index (χ2v) is 7.04. The molecule has 0 saturated heterocycles. The van der Waals surface area contributed by atoms with Gasteiger partial charge in [-0.1, -0.05) is 42.5 Å². The maximum Gasteiger partial charge on any atom is 0.271 e. The zero-order chi connectivity index (χ0) is 21.6. The Labute approximate surface area is 180 Å². The van der Waals surface area contributed by atoms with Crippen LogP contribution in [0.5, 0.6) is 0 Å². The van der Waals surface area contributed by atoms with Crippen LogP contribution in [0.25, 0.3) is 16.9 Å². The summed E-state index contributed by atoms with van der Waals surface area (Å²) in [5.41, 5.74) is 8.77. The molecule has 4 aromatic rings. The molecule has 0 radical (unpaired) electrons. The lowest BCUT2D eigenvalue weighted by atomic mass is 10.1. The summed E-state index contributed by atoms with van der Waals surface area (Å²) in [5, 5.41) is 12.8. The van der Waals surface area contributed by atoms with Crippen molar-refractivity contribution < 1.29 is 4.79 Å². The van der Waals surface area contributed by atoms with Gasteiger partial charge in [-0.25, -0.2) is 5.43 Å². The SMILES string of the molecule is Cc1ccc(-c2ccccc2)n1-c1ccc(C(=O)N/N=C\c2ccc(C#N)cc2)cc1. The van der Waals surface area contributed by atoms with Gasteiger partial charge in [0, 0.05) is 16.9 Å². The normalized spacial score (nSPS) is 10.7. The van der Waals surface area contributed by atoms with Crippen molar-refractivity contribution >= 4 is 12.1 Å². The smallest absolute Gasteiger partial charge is 0.271 e. The summed E-state index contributed by atoms with van der Waals surface area (Å²) < 4.78 is 2.17. The van der Waals surface area contributed by atoms with Crippen LogP contribution < -0.4 is 5.43 Å². The Kier molecular flexibility index (Phi) is 5.72. The number of hydrazone groups is 1. The highest BCUT2D eigenvalue weighted by molar-refractivity contribution is 5.95. The number of nitrogens with zero attached hydrogens (tertiary/aromatic N) is 3. The van der Waals surface area contributed by atoms with E-state index in [-0.39, 0.29) is 5.91 Å². The molecule has 31 heavy (non-hydrogen) atoms. The fourth-order valence-corrected chi connectivity index (χ4v) is 3.35. The second kappa shape index (κ2) is 8.93. The Morgan fingerprint density at radius 1 is 0.935 bits per heavy atom. The van der Waals surface area contributed by atoms with Gasteiger partial charge in [-0.15, -0.1) is 0 Å². The summed E-state index contributed by atoms with van der Waals surface area (Å²) in [6.45, 7) is 2.06. The molecule has 5 nitrogen and oxygen atoms in total. The topological polar surface area (TPSA) is 70.2 Å². The van der Waals surface area contributed by atoms with Gasteiger partial charge in [-0.2, -0.15) is 10.4 Å². The summed E-state index contributed by atoms with van der Waals surface area (Å²) in [4.78, 5) is 12.4. The molecule has 0 aliphatic rings. The fourth-order valence-electron chi connectivity index (χ4n) is 3.35. The molecule has 4 rings (SSSR count). The van der Waals surface area contributed by atoms with Gasteiger partial charge in [-0.05, 0) is 66.6 Å². The lowest BCUT2D eigenvalue weighted by Crippen LogP contribution is -2.17. The van der Waals surface area contributed by atoms with Crippen LogP contribution in [0.4, 0.5) is 0 Å². The predicted molar refractivity (Wildman–Crippen MR) is 122 cm³/mol. The highest BCUT2D eigenvalue weighted by Crippen LogP contribution is 2.26. The molecule has 1 aromatic heterocycles. The minimum Gasteiger partial charge on any atom is -0.314 e. The molecular weight excluding hydrogens is 384 g/mol. The van der Waals surface area contributed by atoms with Gasteiger partial charge >= 0.3 is 0 Å². The zero-order valence-electron chi connectivity index (χ0n) is 17.0. The summed E-state index contributed by atoms with van der Waals surface area (Å²) in [6, 6.07) is 30.8. The number of aryl methyl sites for hydroxylation is 1. The van der Waals surface area contributed by atoms with E-state index >= 15 is 0 Å². The first-order valence-electron chi connectivity index (χ1n) is 9.83. The molecule has 0 atom stereocenters. The minimum atomic E-state index is -0.288. The number of carbonyl (C=O) groups is 1. The first-order valence-corrected chi connectivity index (χ1v) is 9.83. The lowest BCUT2D eigenvalue weighted by Gasteiger charge is -2.12. The van der Waals surface area contributed by atoms with Crippen LogP contribution in [-0.2, 0) is 0 Å². The van der Waals surface area contributed by atoms with Gasteiger partial charge < -0.3 is 4.57 Å². The Morgan fingerprint density at radius 2 is 1.65 bits per heavy atom. The molecule has 0 aliphatic carbocycles. The van der Waals surface area contributed by atoms with Crippen molar-refractivity contribution in [3.63, 3.8) is 0 Å². The van der Waals surface area contributed by atoms with Gasteiger partial charge in [0.05, 0.1) is 23.5 Å². The number of nitrogens with one attached hydrogen (secondary N) is 1. The number of carbonyl (C=O) groups excluding carboxylic acids is 1. The van der Waals surface area contributed by atoms with Crippen molar-refractivity contribution in [1.82, 2.24) is 9.99 Å². The van der Waals surface area contributed by atoms with Gasteiger partial charge in [0.2, 0.25) is 0 Å². The van der Waals surface area contributed by atoms with E-state index in [0.717, 1.165) is 28.2 Å². The first kappa shape index (κ1) is 19.9. The molecular formula is C26H20N4O. The quantitative estimate of drug-likeness (QED) is 0.372. The van der Waals surface area contributed by atoms with Crippen LogP contribution in [0.15, 0.2) is 96.1 Å². The van der Waals surface area contributed by atoms with Crippen molar-refractivity contribution in [2.24, 2.45) is 5.10 Å². The summed E-state index contributed by atoms with van der Waals surface area (Å²) in [7, 11) is 0. The van der Waals surface area contributed by atoms with E-state index in [1.165, 1.54) is 0 Å². The number of benzene rings is 3. The molecule has 0 saturated carbocycles. The third-order valence-corrected chi connectivity index (χ3v) is 4.95. The van der Waals surface area contributed by atoms with Crippen molar-refractivity contribution in [2.75, 3.05) is 0 Å². The molecule has 0 unspecified atom stereocenters. The highest BCUT2D eigenvalue weighted by atomic mass is 16.2. The van der Waals surface area contributed by atoms with Crippen LogP contribution in [0.1, 0.15) is 27.2 Å². The van der Waals surface area contributed by atoms with Gasteiger partial charge in [0.1, 0.15) is 0 Å². The van der Waals surface area contributed by atoms with E-state index in [9.17, 15) is 4.79 Å². The third kappa shape index (κ3) is 4.44. The molecule has 0 spiro atoms. The molecule has 1 heterocycles. The van der Waals surface area contributed by atoms with Crippen molar-refractivity contribution in [2.45, 2.75) is 6.92 Å². The largest absolute Gasteiger partial charge is 0.314 e. The molecule has 3 aromatic carbocycles. The molecule has 0 aliphatic heterocycles. The number of aromatic nitrogens is 1. The predicted octanol–water partition coefficient (Wildman–Crippen LogP) is 5.09. The van der Waals surface area contributed by atoms with E-state index in [1.807, 2.05) is 30.3 Å². The molecule has 150 valence electrons. The van der Waals surface area contributed by atoms with Crippen LogP contribution in [-0.4, -0.2) is 16.7 Å². The van der Waals surface area contributed by atoms with Crippen molar-refractivity contribution in [1.29, 1.82) is 5.26 Å². The first-order chi connectivity index (χ1) is 15.2. The van der Waals surface area contributed by atoms with E-state index in [2.05, 4.69) is 52.4 Å². The van der Waals surface area contributed by atoms with Crippen molar-refractivity contribution in [3.05, 3.63) is 113 Å². The van der Waals surface area contributed by atoms with Crippen LogP contribution >= 0.6 is 0 Å². The minimum absolute atomic E-state index is 0.288. The molecule has 0 bridgehead atoms. The fraction of sp³-hybridized carbons (Fsp3) is 0.0385. The van der Waals surface area contributed by atoms with E-state index < -0.39 is 0 Å². The maximum absolute atomic E-state index is 12.4. The third-order valence-electron chi connectivity index (χ3n) is 4.95. The van der Waals surface area contributed by atoms with E-state index in [0.29, 0.717) is 11.1 Å².